The lowest BCUT2D eigenvalue weighted by molar-refractivity contribution is -0.0746. The normalized spacial score (nSPS) is 18.8. The van der Waals surface area contributed by atoms with Crippen molar-refractivity contribution in [3.8, 4) is 5.75 Å². The fourth-order valence-corrected chi connectivity index (χ4v) is 4.60. The summed E-state index contributed by atoms with van der Waals surface area (Å²) >= 11 is 2.04. The standard InChI is InChI=1S/C29H49NO9S/c1-2-3-22-40-23-6-4-5-11-37-27-9-7-26(8-10-27)30-29(31)39-25-28-24-36-19-18-34-15-14-32-12-13-33-16-17-35-20-21-38-28/h7-10,28H,2-6,11-25H2,1H3,(H,30,31). The van der Waals surface area contributed by atoms with Gasteiger partial charge in [0, 0.05) is 5.69 Å². The maximum absolute atomic E-state index is 12.4. The Morgan fingerprint density at radius 3 is 2.05 bits per heavy atom. The molecule has 1 saturated heterocycles. The van der Waals surface area contributed by atoms with Gasteiger partial charge in [-0.05, 0) is 61.5 Å². The van der Waals surface area contributed by atoms with Gasteiger partial charge in [-0.25, -0.2) is 4.79 Å². The van der Waals surface area contributed by atoms with Crippen LogP contribution in [0, 0.1) is 0 Å². The molecule has 10 nitrogen and oxygen atoms in total. The van der Waals surface area contributed by atoms with Crippen LogP contribution >= 0.6 is 11.8 Å². The van der Waals surface area contributed by atoms with Crippen molar-refractivity contribution in [3.63, 3.8) is 0 Å². The predicted octanol–water partition coefficient (Wildman–Crippen LogP) is 4.80. The Kier molecular flexibility index (Phi) is 21.7. The molecule has 1 amide bonds. The summed E-state index contributed by atoms with van der Waals surface area (Å²) in [4.78, 5) is 12.4. The van der Waals surface area contributed by atoms with Crippen LogP contribution in [-0.4, -0.2) is 110 Å². The van der Waals surface area contributed by atoms with Crippen LogP contribution in [0.1, 0.15) is 39.0 Å². The van der Waals surface area contributed by atoms with E-state index in [1.54, 1.807) is 12.1 Å². The third-order valence-corrected chi connectivity index (χ3v) is 6.87. The molecule has 11 heteroatoms. The number of ether oxygens (including phenoxy) is 8. The van der Waals surface area contributed by atoms with Gasteiger partial charge in [0.05, 0.1) is 79.3 Å². The van der Waals surface area contributed by atoms with E-state index in [4.69, 9.17) is 37.9 Å². The topological polar surface area (TPSA) is 103 Å². The molecular weight excluding hydrogens is 538 g/mol. The monoisotopic (exact) mass is 587 g/mol. The van der Waals surface area contributed by atoms with Crippen LogP contribution in [0.4, 0.5) is 10.5 Å². The van der Waals surface area contributed by atoms with E-state index in [9.17, 15) is 4.79 Å². The van der Waals surface area contributed by atoms with Gasteiger partial charge in [-0.1, -0.05) is 13.3 Å². The summed E-state index contributed by atoms with van der Waals surface area (Å²) in [6, 6.07) is 7.28. The molecule has 1 atom stereocenters. The van der Waals surface area contributed by atoms with Gasteiger partial charge in [0.1, 0.15) is 18.5 Å². The molecule has 1 heterocycles. The van der Waals surface area contributed by atoms with Gasteiger partial charge in [-0.3, -0.25) is 5.32 Å². The summed E-state index contributed by atoms with van der Waals surface area (Å²) in [6.45, 7) is 7.80. The molecule has 1 aromatic carbocycles. The quantitative estimate of drug-likeness (QED) is 0.324. The molecule has 40 heavy (non-hydrogen) atoms. The van der Waals surface area contributed by atoms with Crippen LogP contribution < -0.4 is 10.1 Å². The highest BCUT2D eigenvalue weighted by Gasteiger charge is 2.14. The number of unbranched alkanes of at least 4 members (excludes halogenated alkanes) is 3. The molecule has 1 N–H and O–H groups in total. The highest BCUT2D eigenvalue weighted by atomic mass is 32.2. The third-order valence-electron chi connectivity index (χ3n) is 5.72. The SMILES string of the molecule is CCCCSCCCCCOc1ccc(NC(=O)OCC2COCCOCCOCCOCCOCCO2)cc1. The minimum atomic E-state index is -0.565. The summed E-state index contributed by atoms with van der Waals surface area (Å²) in [5.74, 6) is 3.28. The van der Waals surface area contributed by atoms with Gasteiger partial charge < -0.3 is 37.9 Å². The van der Waals surface area contributed by atoms with Crippen molar-refractivity contribution in [2.75, 3.05) is 103 Å². The van der Waals surface area contributed by atoms with Crippen molar-refractivity contribution in [3.05, 3.63) is 24.3 Å². The van der Waals surface area contributed by atoms with E-state index in [0.717, 1.165) is 12.2 Å². The van der Waals surface area contributed by atoms with Crippen LogP contribution in [0.25, 0.3) is 0 Å². The average Bonchev–Trinajstić information content (AvgIpc) is 2.96. The van der Waals surface area contributed by atoms with Crippen LogP contribution in [0.15, 0.2) is 24.3 Å². The Bertz CT molecular complexity index is 708. The number of amides is 1. The third kappa shape index (κ3) is 19.5. The second-order valence-electron chi connectivity index (χ2n) is 9.14. The van der Waals surface area contributed by atoms with Crippen LogP contribution in [0.3, 0.4) is 0 Å². The lowest BCUT2D eigenvalue weighted by Crippen LogP contribution is -2.30. The molecule has 1 fully saturated rings. The van der Waals surface area contributed by atoms with E-state index in [-0.39, 0.29) is 13.2 Å². The Morgan fingerprint density at radius 2 is 1.40 bits per heavy atom. The van der Waals surface area contributed by atoms with E-state index < -0.39 is 12.2 Å². The van der Waals surface area contributed by atoms with E-state index in [1.165, 1.54) is 37.2 Å². The lowest BCUT2D eigenvalue weighted by atomic mass is 10.2. The summed E-state index contributed by atoms with van der Waals surface area (Å²) in [6.07, 6.45) is 5.02. The Balaban J connectivity index is 1.62. The Labute approximate surface area is 244 Å². The molecular formula is C29H49NO9S. The minimum absolute atomic E-state index is 0.0436. The highest BCUT2D eigenvalue weighted by molar-refractivity contribution is 7.99. The van der Waals surface area contributed by atoms with Crippen LogP contribution in [-0.2, 0) is 33.2 Å². The number of thioether (sulfide) groups is 1. The van der Waals surface area contributed by atoms with Gasteiger partial charge in [-0.2, -0.15) is 11.8 Å². The van der Waals surface area contributed by atoms with Gasteiger partial charge in [-0.15, -0.1) is 0 Å². The number of benzene rings is 1. The zero-order valence-corrected chi connectivity index (χ0v) is 24.9. The van der Waals surface area contributed by atoms with Crippen molar-refractivity contribution in [1.29, 1.82) is 0 Å². The molecule has 0 bridgehead atoms. The largest absolute Gasteiger partial charge is 0.494 e. The molecule has 0 aliphatic carbocycles. The molecule has 230 valence electrons. The minimum Gasteiger partial charge on any atom is -0.494 e. The summed E-state index contributed by atoms with van der Waals surface area (Å²) in [5, 5.41) is 2.74. The fourth-order valence-electron chi connectivity index (χ4n) is 3.49. The van der Waals surface area contributed by atoms with Gasteiger partial charge in [0.15, 0.2) is 0 Å². The first-order chi connectivity index (χ1) is 19.8. The van der Waals surface area contributed by atoms with Crippen molar-refractivity contribution >= 4 is 23.5 Å². The van der Waals surface area contributed by atoms with E-state index in [2.05, 4.69) is 12.2 Å². The first-order valence-electron chi connectivity index (χ1n) is 14.5. The number of carbonyl (C=O) groups excluding carboxylic acids is 1. The Morgan fingerprint density at radius 1 is 0.800 bits per heavy atom. The number of hydrogen-bond donors (Lipinski definition) is 1. The molecule has 0 radical (unpaired) electrons. The first kappa shape index (κ1) is 34.6. The first-order valence-corrected chi connectivity index (χ1v) is 15.7. The lowest BCUT2D eigenvalue weighted by Gasteiger charge is -2.19. The highest BCUT2D eigenvalue weighted by Crippen LogP contribution is 2.17. The molecule has 2 rings (SSSR count). The molecule has 0 aromatic heterocycles. The molecule has 1 unspecified atom stereocenters. The fraction of sp³-hybridized carbons (Fsp3) is 0.759. The van der Waals surface area contributed by atoms with Crippen molar-refractivity contribution in [2.24, 2.45) is 0 Å². The number of anilines is 1. The van der Waals surface area contributed by atoms with Crippen molar-refractivity contribution in [2.45, 2.75) is 45.1 Å². The van der Waals surface area contributed by atoms with Gasteiger partial charge in [0.2, 0.25) is 0 Å². The maximum atomic E-state index is 12.4. The van der Waals surface area contributed by atoms with Crippen LogP contribution in [0.2, 0.25) is 0 Å². The van der Waals surface area contributed by atoms with Crippen LogP contribution in [0.5, 0.6) is 5.75 Å². The molecule has 1 aliphatic rings. The van der Waals surface area contributed by atoms with Gasteiger partial charge >= 0.3 is 6.09 Å². The second kappa shape index (κ2) is 25.1. The van der Waals surface area contributed by atoms with E-state index in [0.29, 0.717) is 78.4 Å². The average molecular weight is 588 g/mol. The number of nitrogens with one attached hydrogen (secondary N) is 1. The Hall–Kier alpha value is -1.60. The van der Waals surface area contributed by atoms with Crippen molar-refractivity contribution in [1.82, 2.24) is 0 Å². The molecule has 1 aliphatic heterocycles. The smallest absolute Gasteiger partial charge is 0.411 e. The number of hydrogen-bond acceptors (Lipinski definition) is 10. The van der Waals surface area contributed by atoms with E-state index in [1.807, 2.05) is 23.9 Å². The van der Waals surface area contributed by atoms with Crippen molar-refractivity contribution < 1.29 is 42.7 Å². The summed E-state index contributed by atoms with van der Waals surface area (Å²) < 4.78 is 44.5. The second-order valence-corrected chi connectivity index (χ2v) is 10.4. The molecule has 0 saturated carbocycles. The zero-order chi connectivity index (χ0) is 28.4. The van der Waals surface area contributed by atoms with Gasteiger partial charge in [0.25, 0.3) is 0 Å². The molecule has 1 aromatic rings. The predicted molar refractivity (Wildman–Crippen MR) is 157 cm³/mol. The van der Waals surface area contributed by atoms with E-state index >= 15 is 0 Å². The number of carbonyl (C=O) groups is 1. The maximum Gasteiger partial charge on any atom is 0.411 e. The number of rotatable bonds is 13. The summed E-state index contributed by atoms with van der Waals surface area (Å²) in [7, 11) is 0. The molecule has 0 spiro atoms. The summed E-state index contributed by atoms with van der Waals surface area (Å²) in [5.41, 5.74) is 0.625. The zero-order valence-electron chi connectivity index (χ0n) is 24.1.